The van der Waals surface area contributed by atoms with Gasteiger partial charge in [0.1, 0.15) is 5.82 Å². The molecule has 2 aromatic rings. The number of halogens is 4. The van der Waals surface area contributed by atoms with E-state index in [-0.39, 0.29) is 6.54 Å². The molecule has 0 bridgehead atoms. The summed E-state index contributed by atoms with van der Waals surface area (Å²) in [5.41, 5.74) is -0.503. The summed E-state index contributed by atoms with van der Waals surface area (Å²) in [6.45, 7) is -0.130. The van der Waals surface area contributed by atoms with Crippen molar-refractivity contribution in [1.82, 2.24) is 9.62 Å². The molecule has 0 aliphatic heterocycles. The normalized spacial score (nSPS) is 13.8. The van der Waals surface area contributed by atoms with E-state index in [0.717, 1.165) is 18.2 Å². The molecule has 2 rings (SSSR count). The molecular formula is C17H18F4N2O2S. The number of rotatable bonds is 6. The molecule has 0 radical (unpaired) electrons. The van der Waals surface area contributed by atoms with Gasteiger partial charge in [0, 0.05) is 12.6 Å². The second-order valence-electron chi connectivity index (χ2n) is 5.91. The first-order chi connectivity index (χ1) is 12.0. The molecule has 142 valence electrons. The van der Waals surface area contributed by atoms with Crippen molar-refractivity contribution < 1.29 is 26.0 Å². The number of hydrogen-bond donors (Lipinski definition) is 1. The monoisotopic (exact) mass is 390 g/mol. The molecule has 2 aromatic carbocycles. The van der Waals surface area contributed by atoms with Gasteiger partial charge in [-0.05, 0) is 50.0 Å². The highest BCUT2D eigenvalue weighted by atomic mass is 32.2. The van der Waals surface area contributed by atoms with Gasteiger partial charge < -0.3 is 4.90 Å². The van der Waals surface area contributed by atoms with E-state index in [9.17, 15) is 26.0 Å². The van der Waals surface area contributed by atoms with Gasteiger partial charge in [-0.3, -0.25) is 0 Å². The van der Waals surface area contributed by atoms with Gasteiger partial charge >= 0.3 is 6.18 Å². The molecular weight excluding hydrogens is 372 g/mol. The summed E-state index contributed by atoms with van der Waals surface area (Å²) in [4.78, 5) is 1.20. The summed E-state index contributed by atoms with van der Waals surface area (Å²) >= 11 is 0. The van der Waals surface area contributed by atoms with Crippen LogP contribution in [0.3, 0.4) is 0 Å². The van der Waals surface area contributed by atoms with Gasteiger partial charge in [0.2, 0.25) is 10.0 Å². The molecule has 0 amide bonds. The molecule has 0 fully saturated rings. The number of alkyl halides is 3. The van der Waals surface area contributed by atoms with Gasteiger partial charge in [-0.1, -0.05) is 18.2 Å². The Bertz CT molecular complexity index is 867. The third-order valence-electron chi connectivity index (χ3n) is 3.80. The molecule has 0 spiro atoms. The van der Waals surface area contributed by atoms with Crippen LogP contribution in [0.5, 0.6) is 0 Å². The van der Waals surface area contributed by atoms with E-state index in [2.05, 4.69) is 4.72 Å². The zero-order valence-corrected chi connectivity index (χ0v) is 14.9. The maximum Gasteiger partial charge on any atom is 0.416 e. The lowest BCUT2D eigenvalue weighted by Crippen LogP contribution is -2.34. The molecule has 0 aliphatic carbocycles. The number of nitrogens with zero attached hydrogens (tertiary/aromatic N) is 1. The van der Waals surface area contributed by atoms with Gasteiger partial charge in [-0.2, -0.15) is 13.2 Å². The average molecular weight is 390 g/mol. The lowest BCUT2D eigenvalue weighted by atomic mass is 10.1. The topological polar surface area (TPSA) is 49.4 Å². The van der Waals surface area contributed by atoms with Crippen LogP contribution in [-0.4, -0.2) is 34.0 Å². The van der Waals surface area contributed by atoms with E-state index < -0.39 is 38.5 Å². The molecule has 0 aliphatic rings. The van der Waals surface area contributed by atoms with E-state index in [4.69, 9.17) is 0 Å². The molecule has 0 heterocycles. The molecule has 1 unspecified atom stereocenters. The van der Waals surface area contributed by atoms with Crippen LogP contribution in [0.2, 0.25) is 0 Å². The Kier molecular flexibility index (Phi) is 6.05. The molecule has 9 heteroatoms. The summed E-state index contributed by atoms with van der Waals surface area (Å²) in [6, 6.07) is 8.70. The van der Waals surface area contributed by atoms with Gasteiger partial charge in [-0.25, -0.2) is 17.5 Å². The standard InChI is InChI=1S/C17H18F4N2O2S/c1-23(2)16(12-5-3-7-14(18)9-12)11-22-26(24,25)15-8-4-6-13(10-15)17(19,20)21/h3-10,16,22H,11H2,1-2H3. The maximum atomic E-state index is 13.4. The maximum absolute atomic E-state index is 13.4. The minimum atomic E-state index is -4.64. The van der Waals surface area contributed by atoms with E-state index in [1.54, 1.807) is 25.1 Å². The fourth-order valence-corrected chi connectivity index (χ4v) is 3.51. The molecule has 4 nitrogen and oxygen atoms in total. The van der Waals surface area contributed by atoms with E-state index in [1.165, 1.54) is 18.2 Å². The Labute approximate surface area is 149 Å². The van der Waals surface area contributed by atoms with Crippen LogP contribution in [0, 0.1) is 5.82 Å². The van der Waals surface area contributed by atoms with Crippen molar-refractivity contribution in [2.24, 2.45) is 0 Å². The van der Waals surface area contributed by atoms with Crippen molar-refractivity contribution in [1.29, 1.82) is 0 Å². The summed E-state index contributed by atoms with van der Waals surface area (Å²) in [5, 5.41) is 0. The van der Waals surface area contributed by atoms with Gasteiger partial charge in [0.15, 0.2) is 0 Å². The Morgan fingerprint density at radius 1 is 1.08 bits per heavy atom. The van der Waals surface area contributed by atoms with Crippen molar-refractivity contribution in [2.75, 3.05) is 20.6 Å². The van der Waals surface area contributed by atoms with Crippen molar-refractivity contribution in [2.45, 2.75) is 17.1 Å². The van der Waals surface area contributed by atoms with Crippen LogP contribution >= 0.6 is 0 Å². The third-order valence-corrected chi connectivity index (χ3v) is 5.22. The molecule has 1 N–H and O–H groups in total. The number of likely N-dealkylation sites (N-methyl/N-ethyl adjacent to an activating group) is 1. The number of hydrogen-bond acceptors (Lipinski definition) is 3. The summed E-state index contributed by atoms with van der Waals surface area (Å²) < 4.78 is 78.8. The van der Waals surface area contributed by atoms with Gasteiger partial charge in [0.25, 0.3) is 0 Å². The fraction of sp³-hybridized carbons (Fsp3) is 0.294. The lowest BCUT2D eigenvalue weighted by Gasteiger charge is -2.25. The first-order valence-electron chi connectivity index (χ1n) is 7.59. The lowest BCUT2D eigenvalue weighted by molar-refractivity contribution is -0.137. The zero-order valence-electron chi connectivity index (χ0n) is 14.1. The Hall–Kier alpha value is -1.97. The molecule has 0 saturated carbocycles. The molecule has 26 heavy (non-hydrogen) atoms. The predicted molar refractivity (Wildman–Crippen MR) is 89.5 cm³/mol. The number of nitrogens with one attached hydrogen (secondary N) is 1. The summed E-state index contributed by atoms with van der Waals surface area (Å²) in [7, 11) is -0.783. The summed E-state index contributed by atoms with van der Waals surface area (Å²) in [6.07, 6.45) is -4.64. The number of sulfonamides is 1. The minimum Gasteiger partial charge on any atom is -0.301 e. The average Bonchev–Trinajstić information content (AvgIpc) is 2.54. The van der Waals surface area contributed by atoms with Gasteiger partial charge in [-0.15, -0.1) is 0 Å². The highest BCUT2D eigenvalue weighted by Crippen LogP contribution is 2.30. The third kappa shape index (κ3) is 5.03. The largest absolute Gasteiger partial charge is 0.416 e. The van der Waals surface area contributed by atoms with Crippen LogP contribution in [0.4, 0.5) is 17.6 Å². The van der Waals surface area contributed by atoms with E-state index in [0.29, 0.717) is 11.6 Å². The van der Waals surface area contributed by atoms with E-state index in [1.807, 2.05) is 0 Å². The Morgan fingerprint density at radius 3 is 2.31 bits per heavy atom. The second kappa shape index (κ2) is 7.73. The van der Waals surface area contributed by atoms with Crippen molar-refractivity contribution >= 4 is 10.0 Å². The van der Waals surface area contributed by atoms with Gasteiger partial charge in [0.05, 0.1) is 10.5 Å². The van der Waals surface area contributed by atoms with E-state index >= 15 is 0 Å². The molecule has 1 atom stereocenters. The zero-order chi connectivity index (χ0) is 19.5. The van der Waals surface area contributed by atoms with Crippen molar-refractivity contribution in [3.05, 3.63) is 65.5 Å². The second-order valence-corrected chi connectivity index (χ2v) is 7.68. The number of benzene rings is 2. The first-order valence-corrected chi connectivity index (χ1v) is 9.08. The van der Waals surface area contributed by atoms with Crippen LogP contribution in [-0.2, 0) is 16.2 Å². The predicted octanol–water partition coefficient (Wildman–Crippen LogP) is 3.43. The van der Waals surface area contributed by atoms with Crippen molar-refractivity contribution in [3.63, 3.8) is 0 Å². The highest BCUT2D eigenvalue weighted by Gasteiger charge is 2.31. The molecule has 0 aromatic heterocycles. The van der Waals surface area contributed by atoms with Crippen molar-refractivity contribution in [3.8, 4) is 0 Å². The van der Waals surface area contributed by atoms with Crippen LogP contribution in [0.15, 0.2) is 53.4 Å². The van der Waals surface area contributed by atoms with Crippen LogP contribution in [0.25, 0.3) is 0 Å². The first kappa shape index (κ1) is 20.3. The van der Waals surface area contributed by atoms with Crippen LogP contribution < -0.4 is 4.72 Å². The quantitative estimate of drug-likeness (QED) is 0.769. The SMILES string of the molecule is CN(C)C(CNS(=O)(=O)c1cccc(C(F)(F)F)c1)c1cccc(F)c1. The summed E-state index contributed by atoms with van der Waals surface area (Å²) in [5.74, 6) is -0.463. The fourth-order valence-electron chi connectivity index (χ4n) is 2.42. The Morgan fingerprint density at radius 2 is 1.73 bits per heavy atom. The minimum absolute atomic E-state index is 0.130. The highest BCUT2D eigenvalue weighted by molar-refractivity contribution is 7.89. The molecule has 0 saturated heterocycles. The Balaban J connectivity index is 2.23. The van der Waals surface area contributed by atoms with Crippen LogP contribution in [0.1, 0.15) is 17.2 Å². The smallest absolute Gasteiger partial charge is 0.301 e.